The van der Waals surface area contributed by atoms with E-state index in [1.165, 1.54) is 31.4 Å². The van der Waals surface area contributed by atoms with E-state index in [0.29, 0.717) is 6.54 Å². The normalized spacial score (nSPS) is 22.0. The molecule has 1 atom stereocenters. The van der Waals surface area contributed by atoms with Gasteiger partial charge in [-0.15, -0.1) is 0 Å². The van der Waals surface area contributed by atoms with E-state index in [1.54, 1.807) is 6.07 Å². The van der Waals surface area contributed by atoms with Crippen LogP contribution in [0.25, 0.3) is 0 Å². The first-order valence-electron chi connectivity index (χ1n) is 7.62. The molecule has 0 fully saturated rings. The van der Waals surface area contributed by atoms with Crippen LogP contribution in [0.1, 0.15) is 52.0 Å². The van der Waals surface area contributed by atoms with Crippen molar-refractivity contribution in [1.82, 2.24) is 5.32 Å². The van der Waals surface area contributed by atoms with Crippen LogP contribution in [0, 0.1) is 11.6 Å². The minimum atomic E-state index is -0.804. The summed E-state index contributed by atoms with van der Waals surface area (Å²) >= 11 is 0. The van der Waals surface area contributed by atoms with E-state index in [2.05, 4.69) is 5.32 Å². The summed E-state index contributed by atoms with van der Waals surface area (Å²) in [5.41, 5.74) is 1.90. The monoisotopic (exact) mass is 311 g/mol. The summed E-state index contributed by atoms with van der Waals surface area (Å²) in [6, 6.07) is 4.25. The highest BCUT2D eigenvalue weighted by molar-refractivity contribution is 5.18. The number of hydrogen-bond acceptors (Lipinski definition) is 2. The molecule has 0 amide bonds. The Kier molecular flexibility index (Phi) is 8.10. The summed E-state index contributed by atoms with van der Waals surface area (Å²) in [7, 11) is 0. The molecule has 0 radical (unpaired) electrons. The quantitative estimate of drug-likeness (QED) is 0.853. The number of benzene rings is 1. The summed E-state index contributed by atoms with van der Waals surface area (Å²) in [6.45, 7) is 3.34. The van der Waals surface area contributed by atoms with E-state index in [1.807, 2.05) is 13.2 Å². The highest BCUT2D eigenvalue weighted by Gasteiger charge is 2.12. The molecular weight excluding hydrogens is 284 g/mol. The summed E-state index contributed by atoms with van der Waals surface area (Å²) in [4.78, 5) is 0. The van der Waals surface area contributed by atoms with Crippen LogP contribution in [-0.2, 0) is 11.3 Å². The second-order valence-electron chi connectivity index (χ2n) is 5.62. The van der Waals surface area contributed by atoms with Gasteiger partial charge in [-0.3, -0.25) is 0 Å². The minimum Gasteiger partial charge on any atom is -0.501 e. The predicted octanol–water partition coefficient (Wildman–Crippen LogP) is 4.94. The zero-order valence-corrected chi connectivity index (χ0v) is 12.5. The van der Waals surface area contributed by atoms with Gasteiger partial charge in [-0.05, 0) is 43.0 Å². The van der Waals surface area contributed by atoms with Crippen molar-refractivity contribution in [3.05, 3.63) is 47.2 Å². The third kappa shape index (κ3) is 5.76. The first-order chi connectivity index (χ1) is 10.2. The Morgan fingerprint density at radius 3 is 2.68 bits per heavy atom. The van der Waals surface area contributed by atoms with Crippen LogP contribution < -0.4 is 5.32 Å². The van der Waals surface area contributed by atoms with Crippen LogP contribution in [0.3, 0.4) is 0 Å². The Morgan fingerprint density at radius 2 is 1.91 bits per heavy atom. The lowest BCUT2D eigenvalue weighted by Gasteiger charge is -2.21. The molecule has 1 aliphatic rings. The lowest BCUT2D eigenvalue weighted by atomic mass is 10.0. The average molecular weight is 311 g/mol. The van der Waals surface area contributed by atoms with E-state index in [4.69, 9.17) is 4.74 Å². The second kappa shape index (κ2) is 9.57. The topological polar surface area (TPSA) is 21.3 Å². The summed E-state index contributed by atoms with van der Waals surface area (Å²) in [6.07, 6.45) is 7.55. The molecule has 1 heterocycles. The average Bonchev–Trinajstić information content (AvgIpc) is 2.48. The Labute approximate surface area is 132 Å². The smallest absolute Gasteiger partial charge is 0.159 e. The fraction of sp³-hybridized carbons (Fsp3) is 0.556. The van der Waals surface area contributed by atoms with Crippen molar-refractivity contribution in [2.24, 2.45) is 0 Å². The van der Waals surface area contributed by atoms with Gasteiger partial charge in [0.05, 0.1) is 12.9 Å². The molecular formula is C18H27F2NO. The molecule has 2 rings (SSSR count). The molecule has 0 spiro atoms. The molecule has 0 aliphatic carbocycles. The van der Waals surface area contributed by atoms with Crippen molar-refractivity contribution in [3.63, 3.8) is 0 Å². The molecule has 1 aromatic rings. The Hall–Kier alpha value is -1.42. The van der Waals surface area contributed by atoms with Gasteiger partial charge < -0.3 is 10.1 Å². The maximum absolute atomic E-state index is 13.2. The first kappa shape index (κ1) is 18.6. The molecule has 0 bridgehead atoms. The molecule has 0 saturated heterocycles. The van der Waals surface area contributed by atoms with Gasteiger partial charge in [-0.2, -0.15) is 0 Å². The molecule has 0 aromatic heterocycles. The fourth-order valence-electron chi connectivity index (χ4n) is 2.54. The molecule has 2 nitrogen and oxygen atoms in total. The van der Waals surface area contributed by atoms with Crippen LogP contribution in [0.4, 0.5) is 8.78 Å². The maximum atomic E-state index is 13.2. The van der Waals surface area contributed by atoms with Crippen LogP contribution in [0.15, 0.2) is 30.0 Å². The molecule has 1 aromatic carbocycles. The Morgan fingerprint density at radius 1 is 1.14 bits per heavy atom. The van der Waals surface area contributed by atoms with Crippen molar-refractivity contribution < 1.29 is 13.5 Å². The first-order valence-corrected chi connectivity index (χ1v) is 7.62. The Balaban J connectivity index is 0.00000242. The van der Waals surface area contributed by atoms with E-state index in [-0.39, 0.29) is 13.5 Å². The number of rotatable bonds is 3. The number of ether oxygens (including phenoxy) is 1. The molecule has 1 aliphatic heterocycles. The minimum absolute atomic E-state index is 0. The molecule has 22 heavy (non-hydrogen) atoms. The SMILES string of the molecule is C.C/C1=C\OCCCCCC[C@H]1NCc1ccc(F)c(F)c1. The summed E-state index contributed by atoms with van der Waals surface area (Å²) < 4.78 is 31.6. The summed E-state index contributed by atoms with van der Waals surface area (Å²) in [5.74, 6) is -1.60. The van der Waals surface area contributed by atoms with Crippen LogP contribution >= 0.6 is 0 Å². The van der Waals surface area contributed by atoms with Gasteiger partial charge in [0.2, 0.25) is 0 Å². The highest BCUT2D eigenvalue weighted by Crippen LogP contribution is 2.16. The molecule has 0 saturated carbocycles. The van der Waals surface area contributed by atoms with E-state index >= 15 is 0 Å². The highest BCUT2D eigenvalue weighted by atomic mass is 19.2. The zero-order valence-electron chi connectivity index (χ0n) is 12.5. The zero-order chi connectivity index (χ0) is 15.1. The largest absolute Gasteiger partial charge is 0.501 e. The maximum Gasteiger partial charge on any atom is 0.159 e. The van der Waals surface area contributed by atoms with Crippen LogP contribution in [0.2, 0.25) is 0 Å². The number of nitrogens with one attached hydrogen (secondary N) is 1. The van der Waals surface area contributed by atoms with Gasteiger partial charge >= 0.3 is 0 Å². The van der Waals surface area contributed by atoms with Crippen molar-refractivity contribution in [3.8, 4) is 0 Å². The molecule has 4 heteroatoms. The Bertz CT molecular complexity index is 488. The fourth-order valence-corrected chi connectivity index (χ4v) is 2.54. The van der Waals surface area contributed by atoms with Gasteiger partial charge in [0.25, 0.3) is 0 Å². The van der Waals surface area contributed by atoms with Gasteiger partial charge in [-0.1, -0.05) is 32.8 Å². The van der Waals surface area contributed by atoms with E-state index in [0.717, 1.165) is 30.6 Å². The third-order valence-electron chi connectivity index (χ3n) is 3.86. The van der Waals surface area contributed by atoms with E-state index in [9.17, 15) is 8.78 Å². The van der Waals surface area contributed by atoms with Crippen molar-refractivity contribution in [1.29, 1.82) is 0 Å². The standard InChI is InChI=1S/C17H23F2NO.CH4/c1-13-12-21-9-5-3-2-4-6-17(13)20-11-14-7-8-15(18)16(19)10-14;/h7-8,10,12,17,20H,2-6,9,11H2,1H3;1H4/b13-12+;/t17-;/m1./s1. The van der Waals surface area contributed by atoms with Gasteiger partial charge in [-0.25, -0.2) is 8.78 Å². The van der Waals surface area contributed by atoms with Crippen LogP contribution in [-0.4, -0.2) is 12.6 Å². The van der Waals surface area contributed by atoms with Gasteiger partial charge in [0, 0.05) is 12.6 Å². The summed E-state index contributed by atoms with van der Waals surface area (Å²) in [5, 5.41) is 3.41. The number of hydrogen-bond donors (Lipinski definition) is 1. The van der Waals surface area contributed by atoms with Crippen molar-refractivity contribution >= 4 is 0 Å². The van der Waals surface area contributed by atoms with Gasteiger partial charge in [0.1, 0.15) is 0 Å². The predicted molar refractivity (Wildman–Crippen MR) is 86.5 cm³/mol. The van der Waals surface area contributed by atoms with Crippen LogP contribution in [0.5, 0.6) is 0 Å². The van der Waals surface area contributed by atoms with Crippen molar-refractivity contribution in [2.75, 3.05) is 6.61 Å². The van der Waals surface area contributed by atoms with E-state index < -0.39 is 11.6 Å². The molecule has 1 N–H and O–H groups in total. The van der Waals surface area contributed by atoms with Gasteiger partial charge in [0.15, 0.2) is 11.6 Å². The van der Waals surface area contributed by atoms with Crippen molar-refractivity contribution in [2.45, 2.75) is 59.0 Å². The lowest BCUT2D eigenvalue weighted by molar-refractivity contribution is 0.231. The second-order valence-corrected chi connectivity index (χ2v) is 5.62. The number of halogens is 2. The molecule has 124 valence electrons. The lowest BCUT2D eigenvalue weighted by Crippen LogP contribution is -2.30. The molecule has 0 unspecified atom stereocenters. The third-order valence-corrected chi connectivity index (χ3v) is 3.86.